The largest absolute Gasteiger partial charge is 0.383 e. The summed E-state index contributed by atoms with van der Waals surface area (Å²) < 4.78 is 4.99. The van der Waals surface area contributed by atoms with Crippen LogP contribution in [-0.4, -0.2) is 35.5 Å². The Kier molecular flexibility index (Phi) is 7.23. The van der Waals surface area contributed by atoms with Crippen molar-refractivity contribution in [2.24, 2.45) is 0 Å². The van der Waals surface area contributed by atoms with Crippen molar-refractivity contribution in [1.82, 2.24) is 15.3 Å². The summed E-state index contributed by atoms with van der Waals surface area (Å²) in [4.78, 5) is 9.03. The van der Waals surface area contributed by atoms with Gasteiger partial charge in [-0.25, -0.2) is 9.97 Å². The van der Waals surface area contributed by atoms with E-state index in [0.717, 1.165) is 42.7 Å². The molecule has 1 N–H and O–H groups in total. The standard InChI is InChI=1S/C13H23N3OS/c1-10(2)18-9-13-15-11(3)7-12(16-13)8-14-5-6-17-4/h7,10,14H,5-6,8-9H2,1-4H3. The molecule has 0 radical (unpaired) electrons. The molecule has 1 aromatic rings. The first-order valence-electron chi connectivity index (χ1n) is 6.26. The lowest BCUT2D eigenvalue weighted by Gasteiger charge is -2.08. The fourth-order valence-corrected chi connectivity index (χ4v) is 2.10. The highest BCUT2D eigenvalue weighted by molar-refractivity contribution is 7.99. The van der Waals surface area contributed by atoms with Crippen molar-refractivity contribution in [1.29, 1.82) is 0 Å². The van der Waals surface area contributed by atoms with Gasteiger partial charge in [-0.2, -0.15) is 11.8 Å². The zero-order valence-corrected chi connectivity index (χ0v) is 12.5. The molecule has 0 aromatic carbocycles. The van der Waals surface area contributed by atoms with Crippen molar-refractivity contribution < 1.29 is 4.74 Å². The number of ether oxygens (including phenoxy) is 1. The van der Waals surface area contributed by atoms with Crippen LogP contribution in [0.3, 0.4) is 0 Å². The average Bonchev–Trinajstić information content (AvgIpc) is 2.32. The van der Waals surface area contributed by atoms with E-state index in [4.69, 9.17) is 4.74 Å². The quantitative estimate of drug-likeness (QED) is 0.733. The van der Waals surface area contributed by atoms with Gasteiger partial charge in [0.05, 0.1) is 18.1 Å². The molecule has 0 unspecified atom stereocenters. The fourth-order valence-electron chi connectivity index (χ4n) is 1.49. The fraction of sp³-hybridized carbons (Fsp3) is 0.692. The highest BCUT2D eigenvalue weighted by Gasteiger charge is 2.04. The monoisotopic (exact) mass is 269 g/mol. The number of aryl methyl sites for hydroxylation is 1. The molecule has 18 heavy (non-hydrogen) atoms. The van der Waals surface area contributed by atoms with Crippen LogP contribution in [0.1, 0.15) is 31.1 Å². The van der Waals surface area contributed by atoms with E-state index in [1.165, 1.54) is 0 Å². The van der Waals surface area contributed by atoms with Gasteiger partial charge >= 0.3 is 0 Å². The molecule has 0 amide bonds. The summed E-state index contributed by atoms with van der Waals surface area (Å²) in [5.74, 6) is 1.81. The molecule has 1 heterocycles. The molecular weight excluding hydrogens is 246 g/mol. The van der Waals surface area contributed by atoms with Crippen molar-refractivity contribution >= 4 is 11.8 Å². The maximum absolute atomic E-state index is 4.99. The van der Waals surface area contributed by atoms with Crippen LogP contribution in [-0.2, 0) is 17.0 Å². The number of aromatic nitrogens is 2. The highest BCUT2D eigenvalue weighted by atomic mass is 32.2. The molecule has 1 aromatic heterocycles. The number of nitrogens with zero attached hydrogens (tertiary/aromatic N) is 2. The normalized spacial score (nSPS) is 11.2. The van der Waals surface area contributed by atoms with Crippen molar-refractivity contribution in [2.45, 2.75) is 38.3 Å². The zero-order chi connectivity index (χ0) is 13.4. The van der Waals surface area contributed by atoms with Crippen LogP contribution in [0.4, 0.5) is 0 Å². The van der Waals surface area contributed by atoms with Gasteiger partial charge < -0.3 is 10.1 Å². The number of hydrogen-bond donors (Lipinski definition) is 1. The lowest BCUT2D eigenvalue weighted by Crippen LogP contribution is -2.19. The number of methoxy groups -OCH3 is 1. The Hall–Kier alpha value is -0.650. The van der Waals surface area contributed by atoms with Crippen LogP contribution in [0.15, 0.2) is 6.07 Å². The van der Waals surface area contributed by atoms with Crippen molar-refractivity contribution in [3.05, 3.63) is 23.3 Å². The number of rotatable bonds is 8. The Bertz CT molecular complexity index is 358. The van der Waals surface area contributed by atoms with Gasteiger partial charge in [-0.15, -0.1) is 0 Å². The first-order chi connectivity index (χ1) is 8.61. The molecule has 4 nitrogen and oxygen atoms in total. The summed E-state index contributed by atoms with van der Waals surface area (Å²) in [5, 5.41) is 3.91. The molecule has 5 heteroatoms. The minimum atomic E-state index is 0.609. The third kappa shape index (κ3) is 6.33. The van der Waals surface area contributed by atoms with Gasteiger partial charge in [0, 0.05) is 25.9 Å². The maximum Gasteiger partial charge on any atom is 0.138 e. The van der Waals surface area contributed by atoms with Gasteiger partial charge in [-0.1, -0.05) is 13.8 Å². The Labute approximate surface area is 114 Å². The molecule has 0 aliphatic heterocycles. The van der Waals surface area contributed by atoms with E-state index in [-0.39, 0.29) is 0 Å². The topological polar surface area (TPSA) is 47.0 Å². The molecule has 0 saturated carbocycles. The van der Waals surface area contributed by atoms with Gasteiger partial charge in [0.15, 0.2) is 0 Å². The van der Waals surface area contributed by atoms with Gasteiger partial charge in [0.25, 0.3) is 0 Å². The molecule has 0 spiro atoms. The van der Waals surface area contributed by atoms with E-state index in [9.17, 15) is 0 Å². The third-order valence-electron chi connectivity index (χ3n) is 2.29. The van der Waals surface area contributed by atoms with E-state index >= 15 is 0 Å². The van der Waals surface area contributed by atoms with E-state index in [1.807, 2.05) is 24.8 Å². The highest BCUT2D eigenvalue weighted by Crippen LogP contribution is 2.15. The molecule has 0 bridgehead atoms. The Balaban J connectivity index is 2.51. The zero-order valence-electron chi connectivity index (χ0n) is 11.7. The van der Waals surface area contributed by atoms with Crippen molar-refractivity contribution in [3.8, 4) is 0 Å². The lowest BCUT2D eigenvalue weighted by atomic mass is 10.3. The Morgan fingerprint density at radius 3 is 2.83 bits per heavy atom. The summed E-state index contributed by atoms with van der Waals surface area (Å²) in [6.45, 7) is 8.73. The van der Waals surface area contributed by atoms with Gasteiger partial charge in [0.2, 0.25) is 0 Å². The van der Waals surface area contributed by atoms with E-state index in [2.05, 4.69) is 29.1 Å². The minimum Gasteiger partial charge on any atom is -0.383 e. The molecule has 0 aliphatic carbocycles. The SMILES string of the molecule is COCCNCc1cc(C)nc(CSC(C)C)n1. The van der Waals surface area contributed by atoms with Crippen molar-refractivity contribution in [3.63, 3.8) is 0 Å². The maximum atomic E-state index is 4.99. The molecule has 0 fully saturated rings. The second-order valence-electron chi connectivity index (χ2n) is 4.45. The van der Waals surface area contributed by atoms with Crippen LogP contribution in [0, 0.1) is 6.92 Å². The Morgan fingerprint density at radius 1 is 1.39 bits per heavy atom. The minimum absolute atomic E-state index is 0.609. The summed E-state index contributed by atoms with van der Waals surface area (Å²) in [5.41, 5.74) is 2.09. The molecule has 0 atom stereocenters. The van der Waals surface area contributed by atoms with Crippen LogP contribution in [0.5, 0.6) is 0 Å². The smallest absolute Gasteiger partial charge is 0.138 e. The van der Waals surface area contributed by atoms with Gasteiger partial charge in [0.1, 0.15) is 5.82 Å². The van der Waals surface area contributed by atoms with Crippen LogP contribution in [0.2, 0.25) is 0 Å². The molecule has 1 rings (SSSR count). The molecule has 102 valence electrons. The van der Waals surface area contributed by atoms with E-state index in [1.54, 1.807) is 7.11 Å². The number of thioether (sulfide) groups is 1. The summed E-state index contributed by atoms with van der Waals surface area (Å²) in [6.07, 6.45) is 0. The summed E-state index contributed by atoms with van der Waals surface area (Å²) in [7, 11) is 1.71. The van der Waals surface area contributed by atoms with Crippen LogP contribution in [0.25, 0.3) is 0 Å². The van der Waals surface area contributed by atoms with Crippen LogP contribution >= 0.6 is 11.8 Å². The van der Waals surface area contributed by atoms with Crippen LogP contribution < -0.4 is 5.32 Å². The second-order valence-corrected chi connectivity index (χ2v) is 6.01. The lowest BCUT2D eigenvalue weighted by molar-refractivity contribution is 0.199. The predicted octanol–water partition coefficient (Wildman–Crippen LogP) is 2.16. The Morgan fingerprint density at radius 2 is 2.17 bits per heavy atom. The molecular formula is C13H23N3OS. The van der Waals surface area contributed by atoms with Gasteiger partial charge in [-0.05, 0) is 18.2 Å². The average molecular weight is 269 g/mol. The summed E-state index contributed by atoms with van der Waals surface area (Å²) in [6, 6.07) is 2.03. The molecule has 0 aliphatic rings. The van der Waals surface area contributed by atoms with E-state index < -0.39 is 0 Å². The third-order valence-corrected chi connectivity index (χ3v) is 3.38. The van der Waals surface area contributed by atoms with E-state index in [0.29, 0.717) is 5.25 Å². The van der Waals surface area contributed by atoms with Gasteiger partial charge in [-0.3, -0.25) is 0 Å². The van der Waals surface area contributed by atoms with Crippen molar-refractivity contribution in [2.75, 3.05) is 20.3 Å². The second kappa shape index (κ2) is 8.45. The number of nitrogens with one attached hydrogen (secondary N) is 1. The molecule has 0 saturated heterocycles. The summed E-state index contributed by atoms with van der Waals surface area (Å²) >= 11 is 1.87. The first kappa shape index (κ1) is 15.4. The predicted molar refractivity (Wildman–Crippen MR) is 76.8 cm³/mol. The first-order valence-corrected chi connectivity index (χ1v) is 7.31. The number of hydrogen-bond acceptors (Lipinski definition) is 5.